The molecule has 0 aliphatic carbocycles. The Labute approximate surface area is 137 Å². The maximum Gasteiger partial charge on any atom is 0.264 e. The zero-order valence-electron chi connectivity index (χ0n) is 13.4. The lowest BCUT2D eigenvalue weighted by molar-refractivity contribution is 0.0296. The van der Waals surface area contributed by atoms with Gasteiger partial charge in [-0.2, -0.15) is 0 Å². The molecule has 0 saturated carbocycles. The Bertz CT molecular complexity index is 497. The monoisotopic (exact) mass is 322 g/mol. The van der Waals surface area contributed by atoms with Crippen molar-refractivity contribution < 1.29 is 9.53 Å². The first kappa shape index (κ1) is 16.0. The zero-order valence-corrected chi connectivity index (χ0v) is 14.2. The van der Waals surface area contributed by atoms with Gasteiger partial charge in [-0.1, -0.05) is 0 Å². The van der Waals surface area contributed by atoms with E-state index in [-0.39, 0.29) is 5.91 Å². The largest absolute Gasteiger partial charge is 0.379 e. The molecule has 1 unspecified atom stereocenters. The van der Waals surface area contributed by atoms with Crippen LogP contribution in [-0.4, -0.2) is 61.1 Å². The molecule has 0 aromatic carbocycles. The van der Waals surface area contributed by atoms with Crippen LogP contribution in [0.3, 0.4) is 0 Å². The Kier molecular flexibility index (Phi) is 5.50. The van der Waals surface area contributed by atoms with Crippen LogP contribution < -0.4 is 0 Å². The first-order valence-electron chi connectivity index (χ1n) is 8.41. The summed E-state index contributed by atoms with van der Waals surface area (Å²) >= 11 is 1.62. The van der Waals surface area contributed by atoms with E-state index in [1.807, 2.05) is 12.1 Å². The summed E-state index contributed by atoms with van der Waals surface area (Å²) in [6.07, 6.45) is 4.64. The van der Waals surface area contributed by atoms with Crippen LogP contribution in [0.25, 0.3) is 0 Å². The van der Waals surface area contributed by atoms with Gasteiger partial charge in [-0.25, -0.2) is 0 Å². The SMILES string of the molecule is Cc1ccc(C(=O)N2CCCCC2CCN2CCOCC2)s1. The highest BCUT2D eigenvalue weighted by Crippen LogP contribution is 2.25. The molecule has 22 heavy (non-hydrogen) atoms. The van der Waals surface area contributed by atoms with Gasteiger partial charge in [0, 0.05) is 37.1 Å². The smallest absolute Gasteiger partial charge is 0.264 e. The molecule has 5 heteroatoms. The summed E-state index contributed by atoms with van der Waals surface area (Å²) in [6, 6.07) is 4.44. The lowest BCUT2D eigenvalue weighted by Crippen LogP contribution is -2.46. The van der Waals surface area contributed by atoms with Crippen molar-refractivity contribution in [3.05, 3.63) is 21.9 Å². The molecule has 0 radical (unpaired) electrons. The van der Waals surface area contributed by atoms with Crippen molar-refractivity contribution in [1.82, 2.24) is 9.80 Å². The first-order valence-corrected chi connectivity index (χ1v) is 9.23. The molecule has 3 rings (SSSR count). The molecule has 1 atom stereocenters. The molecule has 0 N–H and O–H groups in total. The van der Waals surface area contributed by atoms with Crippen LogP contribution in [0.2, 0.25) is 0 Å². The van der Waals surface area contributed by atoms with Crippen LogP contribution in [-0.2, 0) is 4.74 Å². The van der Waals surface area contributed by atoms with Gasteiger partial charge in [0.25, 0.3) is 5.91 Å². The predicted octanol–water partition coefficient (Wildman–Crippen LogP) is 2.77. The van der Waals surface area contributed by atoms with Crippen molar-refractivity contribution in [3.63, 3.8) is 0 Å². The number of carbonyl (C=O) groups is 1. The number of aryl methyl sites for hydroxylation is 1. The third-order valence-corrected chi connectivity index (χ3v) is 5.71. The Balaban J connectivity index is 1.59. The number of likely N-dealkylation sites (tertiary alicyclic amines) is 1. The van der Waals surface area contributed by atoms with E-state index < -0.39 is 0 Å². The molecule has 2 saturated heterocycles. The van der Waals surface area contributed by atoms with E-state index in [1.54, 1.807) is 11.3 Å². The molecule has 4 nitrogen and oxygen atoms in total. The van der Waals surface area contributed by atoms with E-state index in [4.69, 9.17) is 4.74 Å². The summed E-state index contributed by atoms with van der Waals surface area (Å²) in [7, 11) is 0. The van der Waals surface area contributed by atoms with Crippen LogP contribution in [0, 0.1) is 6.92 Å². The van der Waals surface area contributed by atoms with Crippen molar-refractivity contribution in [2.24, 2.45) is 0 Å². The molecule has 2 aliphatic rings. The number of thiophene rings is 1. The lowest BCUT2D eigenvalue weighted by Gasteiger charge is -2.37. The molecule has 0 bridgehead atoms. The minimum Gasteiger partial charge on any atom is -0.379 e. The van der Waals surface area contributed by atoms with Crippen molar-refractivity contribution in [2.75, 3.05) is 39.4 Å². The minimum atomic E-state index is 0.241. The second kappa shape index (κ2) is 7.57. The Morgan fingerprint density at radius 2 is 2.09 bits per heavy atom. The second-order valence-corrected chi connectivity index (χ2v) is 7.59. The summed E-state index contributed by atoms with van der Waals surface area (Å²) in [4.78, 5) is 19.5. The fourth-order valence-electron chi connectivity index (χ4n) is 3.42. The van der Waals surface area contributed by atoms with Crippen molar-refractivity contribution in [2.45, 2.75) is 38.6 Å². The number of ether oxygens (including phenoxy) is 1. The van der Waals surface area contributed by atoms with Gasteiger partial charge in [0.2, 0.25) is 0 Å². The van der Waals surface area contributed by atoms with E-state index >= 15 is 0 Å². The van der Waals surface area contributed by atoms with Gasteiger partial charge in [0.05, 0.1) is 18.1 Å². The molecular weight excluding hydrogens is 296 g/mol. The highest BCUT2D eigenvalue weighted by molar-refractivity contribution is 7.13. The maximum atomic E-state index is 12.8. The first-order chi connectivity index (χ1) is 10.7. The average Bonchev–Trinajstić information content (AvgIpc) is 3.00. The molecule has 3 heterocycles. The van der Waals surface area contributed by atoms with Gasteiger partial charge in [-0.05, 0) is 44.7 Å². The van der Waals surface area contributed by atoms with E-state index in [0.717, 1.165) is 63.5 Å². The highest BCUT2D eigenvalue weighted by atomic mass is 32.1. The quantitative estimate of drug-likeness (QED) is 0.854. The molecule has 122 valence electrons. The summed E-state index contributed by atoms with van der Waals surface area (Å²) in [5.74, 6) is 0.241. The van der Waals surface area contributed by atoms with Crippen molar-refractivity contribution in [3.8, 4) is 0 Å². The number of nitrogens with zero attached hydrogens (tertiary/aromatic N) is 2. The van der Waals surface area contributed by atoms with E-state index in [1.165, 1.54) is 11.3 Å². The van der Waals surface area contributed by atoms with Crippen LogP contribution in [0.15, 0.2) is 12.1 Å². The predicted molar refractivity (Wildman–Crippen MR) is 89.6 cm³/mol. The molecule has 2 fully saturated rings. The standard InChI is InChI=1S/C17H26N2O2S/c1-14-5-6-16(22-14)17(20)19-8-3-2-4-15(19)7-9-18-10-12-21-13-11-18/h5-6,15H,2-4,7-13H2,1H3. The number of amides is 1. The number of morpholine rings is 1. The van der Waals surface area contributed by atoms with Crippen LogP contribution >= 0.6 is 11.3 Å². The van der Waals surface area contributed by atoms with Crippen LogP contribution in [0.5, 0.6) is 0 Å². The topological polar surface area (TPSA) is 32.8 Å². The molecule has 1 aromatic rings. The third-order valence-electron chi connectivity index (χ3n) is 4.72. The molecule has 0 spiro atoms. The van der Waals surface area contributed by atoms with Crippen LogP contribution in [0.1, 0.15) is 40.2 Å². The zero-order chi connectivity index (χ0) is 15.4. The summed E-state index contributed by atoms with van der Waals surface area (Å²) in [5.41, 5.74) is 0. The number of hydrogen-bond acceptors (Lipinski definition) is 4. The van der Waals surface area contributed by atoms with Gasteiger partial charge < -0.3 is 9.64 Å². The number of hydrogen-bond donors (Lipinski definition) is 0. The Morgan fingerprint density at radius 1 is 1.27 bits per heavy atom. The minimum absolute atomic E-state index is 0.241. The Morgan fingerprint density at radius 3 is 2.82 bits per heavy atom. The number of carbonyl (C=O) groups excluding carboxylic acids is 1. The van der Waals surface area contributed by atoms with E-state index in [9.17, 15) is 4.79 Å². The summed E-state index contributed by atoms with van der Waals surface area (Å²) in [6.45, 7) is 7.83. The van der Waals surface area contributed by atoms with Gasteiger partial charge in [0.15, 0.2) is 0 Å². The van der Waals surface area contributed by atoms with Gasteiger partial charge in [-0.15, -0.1) is 11.3 Å². The molecule has 1 amide bonds. The van der Waals surface area contributed by atoms with E-state index in [0.29, 0.717) is 6.04 Å². The highest BCUT2D eigenvalue weighted by Gasteiger charge is 2.28. The molecular formula is C17H26N2O2S. The van der Waals surface area contributed by atoms with Gasteiger partial charge in [0.1, 0.15) is 0 Å². The third kappa shape index (κ3) is 3.89. The fraction of sp³-hybridized carbons (Fsp3) is 0.706. The summed E-state index contributed by atoms with van der Waals surface area (Å²) in [5, 5.41) is 0. The normalized spacial score (nSPS) is 23.7. The Hall–Kier alpha value is -0.910. The molecule has 1 aromatic heterocycles. The average molecular weight is 322 g/mol. The summed E-state index contributed by atoms with van der Waals surface area (Å²) < 4.78 is 5.41. The number of piperidine rings is 1. The second-order valence-electron chi connectivity index (χ2n) is 6.30. The van der Waals surface area contributed by atoms with Crippen molar-refractivity contribution in [1.29, 1.82) is 0 Å². The van der Waals surface area contributed by atoms with Crippen molar-refractivity contribution >= 4 is 17.2 Å². The van der Waals surface area contributed by atoms with E-state index in [2.05, 4.69) is 16.7 Å². The number of rotatable bonds is 4. The van der Waals surface area contributed by atoms with Gasteiger partial charge in [-0.3, -0.25) is 9.69 Å². The van der Waals surface area contributed by atoms with Crippen LogP contribution in [0.4, 0.5) is 0 Å². The maximum absolute atomic E-state index is 12.8. The lowest BCUT2D eigenvalue weighted by atomic mass is 9.98. The molecule has 2 aliphatic heterocycles. The fourth-order valence-corrected chi connectivity index (χ4v) is 4.24. The van der Waals surface area contributed by atoms with Gasteiger partial charge >= 0.3 is 0 Å².